The summed E-state index contributed by atoms with van der Waals surface area (Å²) in [6.45, 7) is 7.70. The SMILES string of the molecule is COc1cc(C(=O)NCCC2CCCNC2)ccc1OCC(C)C.Cl. The number of benzene rings is 1. The van der Waals surface area contributed by atoms with E-state index in [1.54, 1.807) is 25.3 Å². The van der Waals surface area contributed by atoms with Gasteiger partial charge in [-0.1, -0.05) is 13.8 Å². The number of hydrogen-bond donors (Lipinski definition) is 2. The normalized spacial score (nSPS) is 16.9. The van der Waals surface area contributed by atoms with Crippen LogP contribution in [0.5, 0.6) is 11.5 Å². The van der Waals surface area contributed by atoms with Crippen molar-refractivity contribution in [2.75, 3.05) is 33.4 Å². The van der Waals surface area contributed by atoms with Gasteiger partial charge in [-0.2, -0.15) is 0 Å². The third-order valence-electron chi connectivity index (χ3n) is 4.24. The number of carbonyl (C=O) groups is 1. The molecule has 0 bridgehead atoms. The van der Waals surface area contributed by atoms with Gasteiger partial charge in [0.15, 0.2) is 11.5 Å². The molecule has 1 amide bonds. The van der Waals surface area contributed by atoms with Crippen LogP contribution < -0.4 is 20.1 Å². The zero-order valence-corrected chi connectivity index (χ0v) is 16.3. The summed E-state index contributed by atoms with van der Waals surface area (Å²) in [7, 11) is 1.59. The predicted molar refractivity (Wildman–Crippen MR) is 103 cm³/mol. The second-order valence-corrected chi connectivity index (χ2v) is 6.83. The Kier molecular flexibility index (Phi) is 9.68. The molecule has 1 atom stereocenters. The number of hydrogen-bond acceptors (Lipinski definition) is 4. The molecule has 1 aliphatic heterocycles. The minimum Gasteiger partial charge on any atom is -0.493 e. The Labute approximate surface area is 157 Å². The molecule has 142 valence electrons. The summed E-state index contributed by atoms with van der Waals surface area (Å²) >= 11 is 0. The van der Waals surface area contributed by atoms with Gasteiger partial charge in [-0.3, -0.25) is 4.79 Å². The Bertz CT molecular complexity index is 531. The summed E-state index contributed by atoms with van der Waals surface area (Å²) in [6, 6.07) is 5.34. The van der Waals surface area contributed by atoms with Crippen LogP contribution in [0.3, 0.4) is 0 Å². The highest BCUT2D eigenvalue weighted by molar-refractivity contribution is 5.94. The highest BCUT2D eigenvalue weighted by Gasteiger charge is 2.14. The molecule has 2 N–H and O–H groups in total. The Hall–Kier alpha value is -1.46. The molecule has 0 spiro atoms. The van der Waals surface area contributed by atoms with Crippen molar-refractivity contribution < 1.29 is 14.3 Å². The van der Waals surface area contributed by atoms with Gasteiger partial charge in [-0.05, 0) is 62.4 Å². The number of amides is 1. The topological polar surface area (TPSA) is 59.6 Å². The zero-order chi connectivity index (χ0) is 17.4. The van der Waals surface area contributed by atoms with E-state index in [4.69, 9.17) is 9.47 Å². The van der Waals surface area contributed by atoms with Crippen molar-refractivity contribution in [3.05, 3.63) is 23.8 Å². The summed E-state index contributed by atoms with van der Waals surface area (Å²) in [6.07, 6.45) is 3.50. The van der Waals surface area contributed by atoms with Crippen molar-refractivity contribution in [2.45, 2.75) is 33.1 Å². The van der Waals surface area contributed by atoms with Crippen molar-refractivity contribution in [2.24, 2.45) is 11.8 Å². The van der Waals surface area contributed by atoms with E-state index in [9.17, 15) is 4.79 Å². The molecule has 1 fully saturated rings. The van der Waals surface area contributed by atoms with Crippen LogP contribution in [0.2, 0.25) is 0 Å². The van der Waals surface area contributed by atoms with Gasteiger partial charge >= 0.3 is 0 Å². The third kappa shape index (κ3) is 7.12. The monoisotopic (exact) mass is 370 g/mol. The molecule has 2 rings (SSSR count). The standard InChI is InChI=1S/C19H30N2O3.ClH/c1-14(2)13-24-17-7-6-16(11-18(17)23-3)19(22)21-10-8-15-5-4-9-20-12-15;/h6-7,11,14-15,20H,4-5,8-10,12-13H2,1-3H3,(H,21,22);1H. The predicted octanol–water partition coefficient (Wildman–Crippen LogP) is 3.27. The molecule has 25 heavy (non-hydrogen) atoms. The molecule has 1 unspecified atom stereocenters. The van der Waals surface area contributed by atoms with Gasteiger partial charge in [0.1, 0.15) is 0 Å². The van der Waals surface area contributed by atoms with Gasteiger partial charge in [0.25, 0.3) is 5.91 Å². The maximum atomic E-state index is 12.3. The van der Waals surface area contributed by atoms with Crippen LogP contribution in [0.15, 0.2) is 18.2 Å². The van der Waals surface area contributed by atoms with Crippen molar-refractivity contribution in [3.8, 4) is 11.5 Å². The molecule has 1 aliphatic rings. The Morgan fingerprint density at radius 1 is 1.36 bits per heavy atom. The van der Waals surface area contributed by atoms with Gasteiger partial charge in [0, 0.05) is 12.1 Å². The van der Waals surface area contributed by atoms with Gasteiger partial charge in [-0.25, -0.2) is 0 Å². The van der Waals surface area contributed by atoms with E-state index < -0.39 is 0 Å². The highest BCUT2D eigenvalue weighted by atomic mass is 35.5. The van der Waals surface area contributed by atoms with E-state index in [1.807, 2.05) is 0 Å². The van der Waals surface area contributed by atoms with Crippen LogP contribution >= 0.6 is 12.4 Å². The van der Waals surface area contributed by atoms with Gasteiger partial charge in [0.2, 0.25) is 0 Å². The summed E-state index contributed by atoms with van der Waals surface area (Å²) in [5.41, 5.74) is 0.602. The second-order valence-electron chi connectivity index (χ2n) is 6.83. The number of nitrogens with one attached hydrogen (secondary N) is 2. The van der Waals surface area contributed by atoms with Gasteiger partial charge in [0.05, 0.1) is 13.7 Å². The third-order valence-corrected chi connectivity index (χ3v) is 4.24. The van der Waals surface area contributed by atoms with Crippen molar-refractivity contribution in [1.29, 1.82) is 0 Å². The smallest absolute Gasteiger partial charge is 0.251 e. The van der Waals surface area contributed by atoms with Gasteiger partial charge in [-0.15, -0.1) is 12.4 Å². The lowest BCUT2D eigenvalue weighted by atomic mass is 9.96. The van der Waals surface area contributed by atoms with Crippen LogP contribution in [0, 0.1) is 11.8 Å². The fourth-order valence-corrected chi connectivity index (χ4v) is 2.85. The lowest BCUT2D eigenvalue weighted by Crippen LogP contribution is -2.33. The van der Waals surface area contributed by atoms with Crippen LogP contribution in [0.1, 0.15) is 43.5 Å². The summed E-state index contributed by atoms with van der Waals surface area (Å²) < 4.78 is 11.1. The Morgan fingerprint density at radius 3 is 2.80 bits per heavy atom. The van der Waals surface area contributed by atoms with E-state index >= 15 is 0 Å². The molecule has 1 aromatic rings. The van der Waals surface area contributed by atoms with Crippen molar-refractivity contribution in [1.82, 2.24) is 10.6 Å². The molecular weight excluding hydrogens is 340 g/mol. The second kappa shape index (κ2) is 11.2. The average molecular weight is 371 g/mol. The molecule has 5 nitrogen and oxygen atoms in total. The lowest BCUT2D eigenvalue weighted by molar-refractivity contribution is 0.0950. The molecule has 1 saturated heterocycles. The quantitative estimate of drug-likeness (QED) is 0.737. The molecule has 6 heteroatoms. The maximum absolute atomic E-state index is 12.3. The number of halogens is 1. The molecule has 1 heterocycles. The van der Waals surface area contributed by atoms with Crippen LogP contribution in [0.4, 0.5) is 0 Å². The van der Waals surface area contributed by atoms with E-state index in [0.29, 0.717) is 42.0 Å². The first-order chi connectivity index (χ1) is 11.6. The zero-order valence-electron chi connectivity index (χ0n) is 15.5. The number of ether oxygens (including phenoxy) is 2. The minimum atomic E-state index is -0.0625. The first kappa shape index (κ1) is 21.6. The van der Waals surface area contributed by atoms with E-state index in [-0.39, 0.29) is 18.3 Å². The summed E-state index contributed by atoms with van der Waals surface area (Å²) in [5, 5.41) is 6.41. The summed E-state index contributed by atoms with van der Waals surface area (Å²) in [4.78, 5) is 12.3. The fourth-order valence-electron chi connectivity index (χ4n) is 2.85. The number of carbonyl (C=O) groups excluding carboxylic acids is 1. The first-order valence-corrected chi connectivity index (χ1v) is 8.90. The van der Waals surface area contributed by atoms with Gasteiger partial charge < -0.3 is 20.1 Å². The van der Waals surface area contributed by atoms with Crippen LogP contribution in [-0.4, -0.2) is 39.3 Å². The van der Waals surface area contributed by atoms with E-state index in [0.717, 1.165) is 19.5 Å². The highest BCUT2D eigenvalue weighted by Crippen LogP contribution is 2.28. The van der Waals surface area contributed by atoms with E-state index in [2.05, 4.69) is 24.5 Å². The lowest BCUT2D eigenvalue weighted by Gasteiger charge is -2.22. The minimum absolute atomic E-state index is 0. The Balaban J connectivity index is 0.00000312. The van der Waals surface area contributed by atoms with Crippen LogP contribution in [0.25, 0.3) is 0 Å². The average Bonchev–Trinajstić information content (AvgIpc) is 2.60. The van der Waals surface area contributed by atoms with Crippen LogP contribution in [-0.2, 0) is 0 Å². The maximum Gasteiger partial charge on any atom is 0.251 e. The fraction of sp³-hybridized carbons (Fsp3) is 0.632. The molecular formula is C19H31ClN2O3. The van der Waals surface area contributed by atoms with Crippen molar-refractivity contribution in [3.63, 3.8) is 0 Å². The molecule has 0 aliphatic carbocycles. The van der Waals surface area contributed by atoms with E-state index in [1.165, 1.54) is 12.8 Å². The molecule has 0 aromatic heterocycles. The number of rotatable bonds is 8. The molecule has 0 saturated carbocycles. The Morgan fingerprint density at radius 2 is 2.16 bits per heavy atom. The number of methoxy groups -OCH3 is 1. The summed E-state index contributed by atoms with van der Waals surface area (Å²) in [5.74, 6) is 2.32. The molecule has 0 radical (unpaired) electrons. The molecule has 1 aromatic carbocycles. The number of piperidine rings is 1. The first-order valence-electron chi connectivity index (χ1n) is 8.90. The largest absolute Gasteiger partial charge is 0.493 e. The van der Waals surface area contributed by atoms with Crippen molar-refractivity contribution >= 4 is 18.3 Å².